The second-order valence-corrected chi connectivity index (χ2v) is 19.8. The minimum absolute atomic E-state index is 0. The molecule has 0 N–H and O–H groups in total. The molecule has 9 rings (SSSR count). The molecule has 9 aromatic rings. The Morgan fingerprint density at radius 2 is 1.38 bits per heavy atom. The summed E-state index contributed by atoms with van der Waals surface area (Å²) in [6.45, 7) is 6.68. The molecule has 53 heavy (non-hydrogen) atoms. The number of pyridine rings is 2. The molecule has 6 aromatic carbocycles. The predicted octanol–water partition coefficient (Wildman–Crippen LogP) is 12.4. The molecule has 1 radical (unpaired) electrons. The van der Waals surface area contributed by atoms with E-state index in [2.05, 4.69) is 85.3 Å². The molecule has 5 heteroatoms. The van der Waals surface area contributed by atoms with Gasteiger partial charge in [0, 0.05) is 39.9 Å². The molecule has 261 valence electrons. The van der Waals surface area contributed by atoms with Gasteiger partial charge in [-0.2, -0.15) is 11.3 Å². The van der Waals surface area contributed by atoms with Crippen LogP contribution in [0.3, 0.4) is 0 Å². The zero-order chi connectivity index (χ0) is 38.2. The van der Waals surface area contributed by atoms with Gasteiger partial charge in [0.05, 0.1) is 9.44 Å². The summed E-state index contributed by atoms with van der Waals surface area (Å²) < 4.78 is 28.7. The summed E-state index contributed by atoms with van der Waals surface area (Å²) in [7, 11) is -1.76. The van der Waals surface area contributed by atoms with Gasteiger partial charge in [-0.3, -0.25) is 0 Å². The van der Waals surface area contributed by atoms with Gasteiger partial charge in [0.25, 0.3) is 0 Å². The van der Waals surface area contributed by atoms with E-state index in [9.17, 15) is 0 Å². The van der Waals surface area contributed by atoms with Crippen molar-refractivity contribution in [2.24, 2.45) is 0 Å². The van der Waals surface area contributed by atoms with E-state index in [-0.39, 0.29) is 20.1 Å². The van der Waals surface area contributed by atoms with Gasteiger partial charge >= 0.3 is 0 Å². The van der Waals surface area contributed by atoms with Crippen molar-refractivity contribution in [3.8, 4) is 33.6 Å². The molecule has 3 aromatic heterocycles. The zero-order valence-corrected chi connectivity index (χ0v) is 33.9. The Kier molecular flexibility index (Phi) is 9.79. The number of aromatic nitrogens is 2. The van der Waals surface area contributed by atoms with Crippen molar-refractivity contribution >= 4 is 55.5 Å². The van der Waals surface area contributed by atoms with Gasteiger partial charge in [-0.05, 0) is 66.5 Å². The van der Waals surface area contributed by atoms with Crippen molar-refractivity contribution in [3.63, 3.8) is 0 Å². The Balaban J connectivity index is 0.000000172. The zero-order valence-electron chi connectivity index (χ0n) is 32.6. The van der Waals surface area contributed by atoms with E-state index in [1.807, 2.05) is 109 Å². The van der Waals surface area contributed by atoms with Gasteiger partial charge in [-0.15, -0.1) is 59.7 Å². The Labute approximate surface area is 334 Å². The number of nitrogens with zero attached hydrogens (tertiary/aromatic N) is 2. The van der Waals surface area contributed by atoms with Crippen molar-refractivity contribution < 1.29 is 24.2 Å². The first-order valence-electron chi connectivity index (χ1n) is 18.9. The van der Waals surface area contributed by atoms with Crippen LogP contribution in [0.1, 0.15) is 15.2 Å². The topological polar surface area (TPSA) is 25.8 Å². The molecule has 0 aliphatic rings. The molecule has 0 bridgehead atoms. The van der Waals surface area contributed by atoms with Crippen LogP contribution in [0.25, 0.3) is 64.6 Å². The first-order chi connectivity index (χ1) is 26.6. The third kappa shape index (κ3) is 8.00. The number of hydrogen-bond acceptors (Lipinski definition) is 3. The molecular weight excluding hydrogens is 857 g/mol. The second kappa shape index (κ2) is 15.9. The van der Waals surface area contributed by atoms with Crippen molar-refractivity contribution in [3.05, 3.63) is 187 Å². The molecule has 0 spiro atoms. The normalized spacial score (nSPS) is 12.3. The minimum Gasteiger partial charge on any atom is -0.305 e. The maximum Gasteiger partial charge on any atom is 0.0799 e. The summed E-state index contributed by atoms with van der Waals surface area (Å²) in [5, 5.41) is 5.64. The third-order valence-corrected chi connectivity index (χ3v) is 12.2. The second-order valence-electron chi connectivity index (χ2n) is 13.7. The molecule has 0 saturated carbocycles. The van der Waals surface area contributed by atoms with Crippen molar-refractivity contribution in [2.75, 3.05) is 0 Å². The molecule has 0 fully saturated rings. The van der Waals surface area contributed by atoms with E-state index in [1.54, 1.807) is 11.3 Å². The van der Waals surface area contributed by atoms with Crippen LogP contribution in [0.15, 0.2) is 164 Å². The van der Waals surface area contributed by atoms with Gasteiger partial charge in [-0.1, -0.05) is 140 Å². The average molecular weight is 898 g/mol. The van der Waals surface area contributed by atoms with Gasteiger partial charge in [-0.25, -0.2) is 0 Å². The van der Waals surface area contributed by atoms with Crippen molar-refractivity contribution in [1.29, 1.82) is 0 Å². The van der Waals surface area contributed by atoms with E-state index in [4.69, 9.17) is 9.10 Å². The summed E-state index contributed by atoms with van der Waals surface area (Å²) in [4.78, 5) is 9.33. The molecular formula is C48H38IrN2SSi-2. The molecule has 0 aliphatic heterocycles. The summed E-state index contributed by atoms with van der Waals surface area (Å²) in [6.07, 6.45) is 2.23. The summed E-state index contributed by atoms with van der Waals surface area (Å²) in [6, 6.07) is 55.0. The molecule has 0 amide bonds. The Hall–Kier alpha value is -5.03. The summed E-state index contributed by atoms with van der Waals surface area (Å²) in [5.41, 5.74) is 6.99. The molecule has 0 saturated heterocycles. The maximum absolute atomic E-state index is 8.88. The average Bonchev–Trinajstić information content (AvgIpc) is 3.61. The van der Waals surface area contributed by atoms with Crippen LogP contribution in [0.5, 0.6) is 0 Å². The molecule has 2 nitrogen and oxygen atoms in total. The fraction of sp³-hybridized carbons (Fsp3) is 0.0833. The first kappa shape index (κ1) is 32.6. The van der Waals surface area contributed by atoms with Crippen LogP contribution in [0, 0.1) is 12.1 Å². The van der Waals surface area contributed by atoms with Crippen molar-refractivity contribution in [1.82, 2.24) is 9.97 Å². The van der Waals surface area contributed by atoms with E-state index >= 15 is 0 Å². The Morgan fingerprint density at radius 3 is 2.13 bits per heavy atom. The van der Waals surface area contributed by atoms with Gasteiger partial charge in [0.1, 0.15) is 0 Å². The number of benzene rings is 6. The van der Waals surface area contributed by atoms with E-state index in [1.165, 1.54) is 5.39 Å². The SMILES string of the molecule is [2H]C([2H])(c1ccccc1)c1cc(-c2[c-]cccc2)ncc1[Si](C)(C)C.[2H]c1c(-c2ccccc2)ccc2c1sc1c(-c3cc4ccccc4cn3)[c-]ccc12.[Ir]. The van der Waals surface area contributed by atoms with Gasteiger partial charge in [0.15, 0.2) is 0 Å². The number of fused-ring (bicyclic) bond motifs is 4. The molecule has 0 unspecified atom stereocenters. The van der Waals surface area contributed by atoms with E-state index in [0.717, 1.165) is 70.0 Å². The summed E-state index contributed by atoms with van der Waals surface area (Å²) in [5.74, 6) is 0. The minimum atomic E-state index is -1.76. The standard InChI is InChI=1S/C27H16NS.C21H22NSi.Ir/c1-2-7-18(8-3-1)20-13-14-22-23-11-6-12-24(27(23)29-26(22)16-20)25-15-19-9-4-5-10-21(19)17-28-25;1-23(2,3)21-16-22-20(18-12-8-5-9-13-18)15-19(21)14-17-10-6-4-7-11-17;/h1-11,13-17H;4-12,15-16H,14H2,1-3H3;/q2*-1;/i16D;14D2;. The number of hydrogen-bond donors (Lipinski definition) is 0. The van der Waals surface area contributed by atoms with Crippen LogP contribution in [-0.2, 0) is 26.5 Å². The quantitative estimate of drug-likeness (QED) is 0.123. The first-order valence-corrected chi connectivity index (χ1v) is 21.7. The van der Waals surface area contributed by atoms with Crippen LogP contribution in [-0.4, -0.2) is 18.0 Å². The third-order valence-electron chi connectivity index (χ3n) is 9.07. The van der Waals surface area contributed by atoms with Crippen LogP contribution in [0.2, 0.25) is 19.6 Å². The van der Waals surface area contributed by atoms with Gasteiger partial charge < -0.3 is 9.97 Å². The fourth-order valence-corrected chi connectivity index (χ4v) is 9.00. The largest absolute Gasteiger partial charge is 0.305 e. The fourth-order valence-electron chi connectivity index (χ4n) is 6.40. The molecule has 0 aliphatic carbocycles. The number of thiophene rings is 1. The van der Waals surface area contributed by atoms with E-state index < -0.39 is 14.4 Å². The van der Waals surface area contributed by atoms with E-state index in [0.29, 0.717) is 11.6 Å². The molecule has 0 atom stereocenters. The smallest absolute Gasteiger partial charge is 0.0799 e. The maximum atomic E-state index is 8.88. The van der Waals surface area contributed by atoms with Crippen LogP contribution in [0.4, 0.5) is 0 Å². The Morgan fingerprint density at radius 1 is 0.660 bits per heavy atom. The van der Waals surface area contributed by atoms with Crippen LogP contribution < -0.4 is 5.19 Å². The van der Waals surface area contributed by atoms with Gasteiger partial charge in [0.2, 0.25) is 0 Å². The monoisotopic (exact) mass is 898 g/mol. The summed E-state index contributed by atoms with van der Waals surface area (Å²) >= 11 is 1.67. The Bertz CT molecular complexity index is 2790. The molecule has 3 heterocycles. The van der Waals surface area contributed by atoms with Crippen LogP contribution >= 0.6 is 11.3 Å². The van der Waals surface area contributed by atoms with Crippen molar-refractivity contribution in [2.45, 2.75) is 26.0 Å². The predicted molar refractivity (Wildman–Crippen MR) is 225 cm³/mol. The number of rotatable bonds is 6.